The highest BCUT2D eigenvalue weighted by molar-refractivity contribution is 7.98. The maximum Gasteiger partial charge on any atom is 0.279 e. The van der Waals surface area contributed by atoms with E-state index in [2.05, 4.69) is 10.6 Å². The standard InChI is InChI=1S/C20H24ClN3O2S/c1-4-24(12-19(25)22-16-7-5-6-8-18(16)27-3)13-20(26)23-17-11-15(21)10-9-14(17)2/h5-11H,4,12-13H2,1-3H3,(H,22,25)(H,23,26)/p+1. The van der Waals surface area contributed by atoms with Crippen LogP contribution >= 0.6 is 23.4 Å². The SMILES string of the molecule is CC[NH+](CC(=O)Nc1cc(Cl)ccc1C)CC(=O)Nc1ccccc1SC. The molecule has 0 saturated carbocycles. The van der Waals surface area contributed by atoms with Gasteiger partial charge in [-0.3, -0.25) is 9.59 Å². The number of carbonyl (C=O) groups is 2. The summed E-state index contributed by atoms with van der Waals surface area (Å²) in [6.07, 6.45) is 1.97. The summed E-state index contributed by atoms with van der Waals surface area (Å²) in [5.74, 6) is -0.255. The highest BCUT2D eigenvalue weighted by atomic mass is 35.5. The molecule has 7 heteroatoms. The van der Waals surface area contributed by atoms with E-state index in [1.807, 2.05) is 50.4 Å². The highest BCUT2D eigenvalue weighted by Crippen LogP contribution is 2.24. The molecular weight excluding hydrogens is 382 g/mol. The summed E-state index contributed by atoms with van der Waals surface area (Å²) in [6, 6.07) is 13.0. The van der Waals surface area contributed by atoms with Crippen LogP contribution < -0.4 is 15.5 Å². The molecule has 0 fully saturated rings. The van der Waals surface area contributed by atoms with Gasteiger partial charge in [-0.05, 0) is 49.9 Å². The second kappa shape index (κ2) is 10.3. The molecule has 2 aromatic carbocycles. The predicted molar refractivity (Wildman–Crippen MR) is 113 cm³/mol. The lowest BCUT2D eigenvalue weighted by atomic mass is 10.2. The van der Waals surface area contributed by atoms with Crippen molar-refractivity contribution in [3.05, 3.63) is 53.1 Å². The summed E-state index contributed by atoms with van der Waals surface area (Å²) < 4.78 is 0. The van der Waals surface area contributed by atoms with Crippen molar-refractivity contribution >= 4 is 46.6 Å². The van der Waals surface area contributed by atoms with Gasteiger partial charge in [-0.15, -0.1) is 11.8 Å². The molecule has 0 radical (unpaired) electrons. The summed E-state index contributed by atoms with van der Waals surface area (Å²) >= 11 is 7.57. The van der Waals surface area contributed by atoms with Crippen LogP contribution in [-0.4, -0.2) is 37.7 Å². The lowest BCUT2D eigenvalue weighted by molar-refractivity contribution is -0.881. The molecule has 1 unspecified atom stereocenters. The van der Waals surface area contributed by atoms with Crippen LogP contribution in [0.4, 0.5) is 11.4 Å². The second-order valence-electron chi connectivity index (χ2n) is 6.21. The van der Waals surface area contributed by atoms with Gasteiger partial charge in [-0.2, -0.15) is 0 Å². The highest BCUT2D eigenvalue weighted by Gasteiger charge is 2.18. The minimum absolute atomic E-state index is 0.111. The number of quaternary nitrogens is 1. The molecule has 0 aliphatic heterocycles. The molecule has 1 atom stereocenters. The molecule has 2 rings (SSSR count). The first kappa shape index (κ1) is 21.3. The Bertz CT molecular complexity index is 814. The molecular formula is C20H25ClN3O2S+. The smallest absolute Gasteiger partial charge is 0.279 e. The van der Waals surface area contributed by atoms with E-state index in [1.54, 1.807) is 23.9 Å². The van der Waals surface area contributed by atoms with Crippen LogP contribution in [0.2, 0.25) is 5.02 Å². The van der Waals surface area contributed by atoms with Crippen LogP contribution in [0.5, 0.6) is 0 Å². The summed E-state index contributed by atoms with van der Waals surface area (Å²) in [5, 5.41) is 6.39. The fourth-order valence-electron chi connectivity index (χ4n) is 2.63. The van der Waals surface area contributed by atoms with Gasteiger partial charge in [0.1, 0.15) is 0 Å². The molecule has 2 amide bonds. The third-order valence-corrected chi connectivity index (χ3v) is 5.21. The van der Waals surface area contributed by atoms with Gasteiger partial charge in [0.25, 0.3) is 11.8 Å². The molecule has 0 spiro atoms. The van der Waals surface area contributed by atoms with E-state index < -0.39 is 0 Å². The van der Waals surface area contributed by atoms with E-state index in [0.717, 1.165) is 21.0 Å². The van der Waals surface area contributed by atoms with Crippen LogP contribution in [0.25, 0.3) is 0 Å². The zero-order valence-electron chi connectivity index (χ0n) is 15.8. The van der Waals surface area contributed by atoms with Crippen LogP contribution in [0.15, 0.2) is 47.4 Å². The van der Waals surface area contributed by atoms with Gasteiger partial charge in [0, 0.05) is 15.6 Å². The predicted octanol–water partition coefficient (Wildman–Crippen LogP) is 2.85. The van der Waals surface area contributed by atoms with Crippen molar-refractivity contribution in [1.82, 2.24) is 0 Å². The van der Waals surface area contributed by atoms with Crippen molar-refractivity contribution in [2.75, 3.05) is 36.5 Å². The number of aryl methyl sites for hydroxylation is 1. The first-order valence-corrected chi connectivity index (χ1v) is 10.4. The normalized spacial score (nSPS) is 11.7. The van der Waals surface area contributed by atoms with E-state index in [0.29, 0.717) is 17.3 Å². The molecule has 5 nitrogen and oxygen atoms in total. The molecule has 27 heavy (non-hydrogen) atoms. The minimum atomic E-state index is -0.144. The van der Waals surface area contributed by atoms with E-state index in [1.165, 1.54) is 0 Å². The molecule has 0 aliphatic carbocycles. The number of rotatable bonds is 8. The lowest BCUT2D eigenvalue weighted by Gasteiger charge is -2.18. The van der Waals surface area contributed by atoms with Crippen molar-refractivity contribution < 1.29 is 14.5 Å². The number of likely N-dealkylation sites (N-methyl/N-ethyl adjacent to an activating group) is 1. The summed E-state index contributed by atoms with van der Waals surface area (Å²) in [4.78, 5) is 26.7. The van der Waals surface area contributed by atoms with Crippen molar-refractivity contribution in [3.63, 3.8) is 0 Å². The van der Waals surface area contributed by atoms with Gasteiger partial charge in [0.2, 0.25) is 0 Å². The second-order valence-corrected chi connectivity index (χ2v) is 7.50. The summed E-state index contributed by atoms with van der Waals surface area (Å²) in [5.41, 5.74) is 2.43. The number of thioether (sulfide) groups is 1. The van der Waals surface area contributed by atoms with Crippen molar-refractivity contribution in [2.45, 2.75) is 18.7 Å². The Morgan fingerprint density at radius 3 is 2.30 bits per heavy atom. The average Bonchev–Trinajstić information content (AvgIpc) is 2.64. The van der Waals surface area contributed by atoms with Crippen molar-refractivity contribution in [2.24, 2.45) is 0 Å². The Morgan fingerprint density at radius 2 is 1.67 bits per heavy atom. The van der Waals surface area contributed by atoms with Crippen LogP contribution in [0.1, 0.15) is 12.5 Å². The van der Waals surface area contributed by atoms with E-state index in [4.69, 9.17) is 11.6 Å². The van der Waals surface area contributed by atoms with E-state index >= 15 is 0 Å². The first-order valence-electron chi connectivity index (χ1n) is 8.75. The number of carbonyl (C=O) groups excluding carboxylic acids is 2. The molecule has 3 N–H and O–H groups in total. The Hall–Kier alpha value is -2.02. The fourth-order valence-corrected chi connectivity index (χ4v) is 3.36. The number of para-hydroxylation sites is 1. The van der Waals surface area contributed by atoms with Gasteiger partial charge in [-0.25, -0.2) is 0 Å². The molecule has 0 heterocycles. The van der Waals surface area contributed by atoms with Crippen LogP contribution in [0.3, 0.4) is 0 Å². The molecule has 0 bridgehead atoms. The average molecular weight is 407 g/mol. The number of anilines is 2. The Labute approximate surface area is 169 Å². The zero-order chi connectivity index (χ0) is 19.8. The third kappa shape index (κ3) is 6.57. The van der Waals surface area contributed by atoms with Gasteiger partial charge >= 0.3 is 0 Å². The molecule has 2 aromatic rings. The number of nitrogens with one attached hydrogen (secondary N) is 3. The quantitative estimate of drug-likeness (QED) is 0.591. The molecule has 0 saturated heterocycles. The first-order chi connectivity index (χ1) is 12.9. The number of hydrogen-bond donors (Lipinski definition) is 3. The topological polar surface area (TPSA) is 62.6 Å². The molecule has 144 valence electrons. The number of benzene rings is 2. The number of halogens is 1. The largest absolute Gasteiger partial charge is 0.321 e. The number of hydrogen-bond acceptors (Lipinski definition) is 3. The van der Waals surface area contributed by atoms with Crippen molar-refractivity contribution in [1.29, 1.82) is 0 Å². The monoisotopic (exact) mass is 406 g/mol. The molecule has 0 aliphatic rings. The Morgan fingerprint density at radius 1 is 1.04 bits per heavy atom. The minimum Gasteiger partial charge on any atom is -0.321 e. The van der Waals surface area contributed by atoms with Gasteiger partial charge in [0.05, 0.1) is 12.2 Å². The Kier molecular flexibility index (Phi) is 8.16. The zero-order valence-corrected chi connectivity index (χ0v) is 17.3. The summed E-state index contributed by atoms with van der Waals surface area (Å²) in [6.45, 7) is 4.96. The van der Waals surface area contributed by atoms with Crippen LogP contribution in [-0.2, 0) is 9.59 Å². The van der Waals surface area contributed by atoms with Gasteiger partial charge in [-0.1, -0.05) is 29.8 Å². The maximum absolute atomic E-state index is 12.4. The van der Waals surface area contributed by atoms with Crippen LogP contribution in [0, 0.1) is 6.92 Å². The number of amides is 2. The Balaban J connectivity index is 1.93. The van der Waals surface area contributed by atoms with E-state index in [-0.39, 0.29) is 24.9 Å². The molecule has 0 aromatic heterocycles. The summed E-state index contributed by atoms with van der Waals surface area (Å²) in [7, 11) is 0. The van der Waals surface area contributed by atoms with Gasteiger partial charge < -0.3 is 15.5 Å². The van der Waals surface area contributed by atoms with E-state index in [9.17, 15) is 9.59 Å². The maximum atomic E-state index is 12.4. The van der Waals surface area contributed by atoms with Gasteiger partial charge in [0.15, 0.2) is 13.1 Å². The third-order valence-electron chi connectivity index (χ3n) is 4.18. The van der Waals surface area contributed by atoms with Crippen molar-refractivity contribution in [3.8, 4) is 0 Å². The fraction of sp³-hybridized carbons (Fsp3) is 0.300. The lowest BCUT2D eigenvalue weighted by Crippen LogP contribution is -3.13.